The second-order valence-corrected chi connectivity index (χ2v) is 3.40. The fraction of sp³-hybridized carbons (Fsp3) is 0.286. The number of nitrogen functional groups attached to an aromatic ring is 2. The van der Waals surface area contributed by atoms with E-state index in [4.69, 9.17) is 16.0 Å². The fourth-order valence-corrected chi connectivity index (χ4v) is 0.877. The van der Waals surface area contributed by atoms with Crippen LogP contribution in [0.5, 0.6) is 0 Å². The number of pyridine rings is 1. The minimum Gasteiger partial charge on any atom is -0.396 e. The predicted molar refractivity (Wildman–Crippen MR) is 56.2 cm³/mol. The molecule has 0 bridgehead atoms. The molecule has 0 aliphatic heterocycles. The summed E-state index contributed by atoms with van der Waals surface area (Å²) in [5, 5.41) is 0. The lowest BCUT2D eigenvalue weighted by Crippen LogP contribution is -2.01. The highest BCUT2D eigenvalue weighted by atomic mass is 32.3. The maximum absolute atomic E-state index is 9.56. The molecule has 0 aromatic carbocycles. The van der Waals surface area contributed by atoms with Gasteiger partial charge in [0.1, 0.15) is 5.82 Å². The van der Waals surface area contributed by atoms with Gasteiger partial charge in [-0.1, -0.05) is 0 Å². The van der Waals surface area contributed by atoms with Crippen molar-refractivity contribution in [3.63, 3.8) is 0 Å². The Morgan fingerprint density at radius 2 is 2.13 bits per heavy atom. The van der Waals surface area contributed by atoms with Gasteiger partial charge in [0.2, 0.25) is 0 Å². The van der Waals surface area contributed by atoms with Crippen molar-refractivity contribution in [3.05, 3.63) is 18.3 Å². The number of rotatable bonds is 2. The minimum atomic E-state index is -4.17. The number of nitrogens with two attached hydrogens (primary N) is 2. The summed E-state index contributed by atoms with van der Waals surface area (Å²) in [6.45, 7) is 1.44. The molecule has 1 aromatic rings. The van der Waals surface area contributed by atoms with Crippen molar-refractivity contribution in [2.24, 2.45) is 0 Å². The SMILES string of the molecule is CCOS(=O)(=O)O.Nc1cccnc1N. The van der Waals surface area contributed by atoms with Crippen LogP contribution >= 0.6 is 0 Å². The Morgan fingerprint density at radius 3 is 2.33 bits per heavy atom. The Balaban J connectivity index is 0.000000265. The van der Waals surface area contributed by atoms with E-state index in [1.54, 1.807) is 18.3 Å². The van der Waals surface area contributed by atoms with Crippen LogP contribution in [0.15, 0.2) is 18.3 Å². The van der Waals surface area contributed by atoms with E-state index in [0.717, 1.165) is 0 Å². The smallest absolute Gasteiger partial charge is 0.396 e. The molecule has 0 aliphatic carbocycles. The zero-order chi connectivity index (χ0) is 11.9. The topological polar surface area (TPSA) is 129 Å². The molecule has 8 heteroatoms. The van der Waals surface area contributed by atoms with Gasteiger partial charge < -0.3 is 11.5 Å². The Kier molecular flexibility index (Phi) is 5.60. The highest BCUT2D eigenvalue weighted by Gasteiger charge is 1.98. The number of hydrogen-bond donors (Lipinski definition) is 3. The molecule has 7 nitrogen and oxygen atoms in total. The summed E-state index contributed by atoms with van der Waals surface area (Å²) < 4.78 is 30.7. The second-order valence-electron chi connectivity index (χ2n) is 2.31. The first-order valence-electron chi connectivity index (χ1n) is 3.94. The van der Waals surface area contributed by atoms with Crippen LogP contribution in [0.3, 0.4) is 0 Å². The van der Waals surface area contributed by atoms with Crippen molar-refractivity contribution in [1.82, 2.24) is 4.98 Å². The van der Waals surface area contributed by atoms with Crippen LogP contribution in [0.2, 0.25) is 0 Å². The lowest BCUT2D eigenvalue weighted by molar-refractivity contribution is 0.283. The van der Waals surface area contributed by atoms with E-state index in [2.05, 4.69) is 9.17 Å². The zero-order valence-electron chi connectivity index (χ0n) is 8.12. The number of nitrogens with zero attached hydrogens (tertiary/aromatic N) is 1. The average Bonchev–Trinajstić information content (AvgIpc) is 2.09. The monoisotopic (exact) mass is 235 g/mol. The summed E-state index contributed by atoms with van der Waals surface area (Å²) in [6.07, 6.45) is 1.60. The van der Waals surface area contributed by atoms with Crippen LogP contribution in [-0.4, -0.2) is 24.6 Å². The maximum atomic E-state index is 9.56. The number of hydrogen-bond acceptors (Lipinski definition) is 6. The highest BCUT2D eigenvalue weighted by molar-refractivity contribution is 7.80. The first-order chi connectivity index (χ1) is 6.87. The average molecular weight is 235 g/mol. The molecular formula is C7H13N3O4S. The molecule has 0 spiro atoms. The molecule has 0 atom stereocenters. The molecule has 0 fully saturated rings. The summed E-state index contributed by atoms with van der Waals surface area (Å²) >= 11 is 0. The number of anilines is 2. The van der Waals surface area contributed by atoms with E-state index >= 15 is 0 Å². The first-order valence-corrected chi connectivity index (χ1v) is 5.31. The van der Waals surface area contributed by atoms with E-state index in [-0.39, 0.29) is 6.61 Å². The van der Waals surface area contributed by atoms with Crippen LogP contribution in [0.4, 0.5) is 11.5 Å². The highest BCUT2D eigenvalue weighted by Crippen LogP contribution is 2.06. The van der Waals surface area contributed by atoms with Crippen LogP contribution in [0, 0.1) is 0 Å². The molecule has 0 aliphatic rings. The van der Waals surface area contributed by atoms with Gasteiger partial charge in [0, 0.05) is 6.20 Å². The molecule has 5 N–H and O–H groups in total. The van der Waals surface area contributed by atoms with Crippen LogP contribution in [0.1, 0.15) is 6.92 Å². The maximum Gasteiger partial charge on any atom is 0.397 e. The Labute approximate surface area is 88.0 Å². The summed E-state index contributed by atoms with van der Waals surface area (Å²) in [5.74, 6) is 0.396. The molecular weight excluding hydrogens is 222 g/mol. The third kappa shape index (κ3) is 7.67. The van der Waals surface area contributed by atoms with Gasteiger partial charge >= 0.3 is 10.4 Å². The van der Waals surface area contributed by atoms with Crippen LogP contribution in [0.25, 0.3) is 0 Å². The van der Waals surface area contributed by atoms with Gasteiger partial charge in [-0.2, -0.15) is 8.42 Å². The van der Waals surface area contributed by atoms with Gasteiger partial charge in [0.05, 0.1) is 12.3 Å². The molecule has 0 unspecified atom stereocenters. The molecule has 0 saturated heterocycles. The Bertz CT molecular complexity index is 372. The molecule has 1 rings (SSSR count). The molecule has 86 valence electrons. The van der Waals surface area contributed by atoms with Gasteiger partial charge in [-0.15, -0.1) is 0 Å². The van der Waals surface area contributed by atoms with Gasteiger partial charge in [-0.3, -0.25) is 4.55 Å². The van der Waals surface area contributed by atoms with Gasteiger partial charge in [-0.25, -0.2) is 9.17 Å². The van der Waals surface area contributed by atoms with E-state index in [0.29, 0.717) is 11.5 Å². The first kappa shape index (κ1) is 13.6. The molecule has 1 aromatic heterocycles. The molecule has 15 heavy (non-hydrogen) atoms. The van der Waals surface area contributed by atoms with E-state index < -0.39 is 10.4 Å². The third-order valence-corrected chi connectivity index (χ3v) is 1.67. The summed E-state index contributed by atoms with van der Waals surface area (Å²) in [6, 6.07) is 3.45. The minimum absolute atomic E-state index is 0.0289. The summed E-state index contributed by atoms with van der Waals surface area (Å²) in [5.41, 5.74) is 11.2. The lowest BCUT2D eigenvalue weighted by atomic mass is 10.4. The Hall–Kier alpha value is -1.38. The largest absolute Gasteiger partial charge is 0.397 e. The van der Waals surface area contributed by atoms with E-state index in [9.17, 15) is 8.42 Å². The van der Waals surface area contributed by atoms with Crippen molar-refractivity contribution in [3.8, 4) is 0 Å². The normalized spacial score (nSPS) is 10.3. The van der Waals surface area contributed by atoms with Crippen molar-refractivity contribution in [2.75, 3.05) is 18.1 Å². The van der Waals surface area contributed by atoms with E-state index in [1.165, 1.54) is 6.92 Å². The van der Waals surface area contributed by atoms with Crippen LogP contribution < -0.4 is 11.5 Å². The zero-order valence-corrected chi connectivity index (χ0v) is 8.94. The van der Waals surface area contributed by atoms with Gasteiger partial charge in [0.25, 0.3) is 0 Å². The standard InChI is InChI=1S/C5H7N3.C2H6O4S/c6-4-2-1-3-8-5(4)7;1-2-6-7(3,4)5/h1-3H,6H2,(H2,7,8);2H2,1H3,(H,3,4,5). The van der Waals surface area contributed by atoms with Crippen molar-refractivity contribution in [2.45, 2.75) is 6.92 Å². The molecule has 0 amide bonds. The molecule has 0 saturated carbocycles. The summed E-state index contributed by atoms with van der Waals surface area (Å²) in [7, 11) is -4.17. The number of aromatic nitrogens is 1. The molecule has 1 heterocycles. The van der Waals surface area contributed by atoms with Gasteiger partial charge in [0.15, 0.2) is 0 Å². The quantitative estimate of drug-likeness (QED) is 0.618. The fourth-order valence-electron chi connectivity index (χ4n) is 0.579. The van der Waals surface area contributed by atoms with Crippen molar-refractivity contribution >= 4 is 21.9 Å². The van der Waals surface area contributed by atoms with Crippen molar-refractivity contribution in [1.29, 1.82) is 0 Å². The molecule has 0 radical (unpaired) electrons. The third-order valence-electron chi connectivity index (χ3n) is 1.14. The van der Waals surface area contributed by atoms with Gasteiger partial charge in [-0.05, 0) is 19.1 Å². The summed E-state index contributed by atoms with van der Waals surface area (Å²) in [4.78, 5) is 3.73. The van der Waals surface area contributed by atoms with Crippen LogP contribution in [-0.2, 0) is 14.6 Å². The lowest BCUT2D eigenvalue weighted by Gasteiger charge is -1.92. The van der Waals surface area contributed by atoms with Crippen molar-refractivity contribution < 1.29 is 17.2 Å². The second kappa shape index (κ2) is 6.17. The van der Waals surface area contributed by atoms with E-state index in [1.807, 2.05) is 0 Å². The predicted octanol–water partition coefficient (Wildman–Crippen LogP) is 0.0717. The Morgan fingerprint density at radius 1 is 1.53 bits per heavy atom.